The summed E-state index contributed by atoms with van der Waals surface area (Å²) < 4.78 is 0. The molecule has 3 rings (SSSR count). The molecule has 6 nitrogen and oxygen atoms in total. The summed E-state index contributed by atoms with van der Waals surface area (Å²) in [5.74, 6) is -0.370. The molecule has 1 saturated carbocycles. The van der Waals surface area contributed by atoms with E-state index in [-0.39, 0.29) is 23.9 Å². The number of nitrogens with zero attached hydrogens (tertiary/aromatic N) is 2. The van der Waals surface area contributed by atoms with Crippen molar-refractivity contribution >= 4 is 11.8 Å². The van der Waals surface area contributed by atoms with Gasteiger partial charge in [0.2, 0.25) is 11.8 Å². The van der Waals surface area contributed by atoms with Crippen molar-refractivity contribution in [2.45, 2.75) is 71.9 Å². The Morgan fingerprint density at radius 1 is 0.900 bits per heavy atom. The lowest BCUT2D eigenvalue weighted by atomic mass is 9.67. The first-order valence-corrected chi connectivity index (χ1v) is 10.9. The van der Waals surface area contributed by atoms with Crippen LogP contribution in [0.1, 0.15) is 81.3 Å². The van der Waals surface area contributed by atoms with Gasteiger partial charge in [-0.25, -0.2) is 0 Å². The predicted molar refractivity (Wildman–Crippen MR) is 117 cm³/mol. The van der Waals surface area contributed by atoms with Crippen molar-refractivity contribution in [3.8, 4) is 0 Å². The van der Waals surface area contributed by atoms with Crippen LogP contribution in [-0.4, -0.2) is 21.8 Å². The van der Waals surface area contributed by atoms with E-state index in [9.17, 15) is 9.59 Å². The highest BCUT2D eigenvalue weighted by Crippen LogP contribution is 2.42. The van der Waals surface area contributed by atoms with Gasteiger partial charge in [-0.15, -0.1) is 0 Å². The van der Waals surface area contributed by atoms with E-state index in [1.165, 1.54) is 0 Å². The standard InChI is InChI=1S/C24H32N4O2/c1-5-18-14-25-12-8-20(18)16(3)27-22(29)24(10-7-11-24)23(30)28-17(4)21-9-13-26-15-19(21)6-2/h8-9,12-17H,5-7,10-11H2,1-4H3,(H,27,29)(H,28,30). The molecule has 2 amide bonds. The lowest BCUT2D eigenvalue weighted by Gasteiger charge is -2.40. The van der Waals surface area contributed by atoms with Crippen LogP contribution in [0.2, 0.25) is 0 Å². The first-order chi connectivity index (χ1) is 14.4. The van der Waals surface area contributed by atoms with Crippen molar-refractivity contribution in [3.63, 3.8) is 0 Å². The third-order valence-corrected chi connectivity index (χ3v) is 6.35. The molecule has 1 aliphatic carbocycles. The Kier molecular flexibility index (Phi) is 6.85. The number of hydrogen-bond donors (Lipinski definition) is 2. The van der Waals surface area contributed by atoms with Crippen LogP contribution in [-0.2, 0) is 22.4 Å². The van der Waals surface area contributed by atoms with Crippen molar-refractivity contribution < 1.29 is 9.59 Å². The number of amides is 2. The Bertz CT molecular complexity index is 838. The first-order valence-electron chi connectivity index (χ1n) is 10.9. The van der Waals surface area contributed by atoms with Gasteiger partial charge >= 0.3 is 0 Å². The molecule has 2 atom stereocenters. The summed E-state index contributed by atoms with van der Waals surface area (Å²) in [5.41, 5.74) is 3.33. The quantitative estimate of drug-likeness (QED) is 0.650. The van der Waals surface area contributed by atoms with E-state index < -0.39 is 5.41 Å². The molecule has 1 fully saturated rings. The Morgan fingerprint density at radius 2 is 1.33 bits per heavy atom. The van der Waals surface area contributed by atoms with Gasteiger partial charge < -0.3 is 10.6 Å². The van der Waals surface area contributed by atoms with Gasteiger partial charge in [0.05, 0.1) is 12.1 Å². The van der Waals surface area contributed by atoms with Crippen LogP contribution in [0.5, 0.6) is 0 Å². The molecule has 2 heterocycles. The van der Waals surface area contributed by atoms with Gasteiger partial charge in [-0.1, -0.05) is 20.3 Å². The highest BCUT2D eigenvalue weighted by Gasteiger charge is 2.51. The molecule has 160 valence electrons. The number of pyridine rings is 2. The van der Waals surface area contributed by atoms with Gasteiger partial charge in [0.1, 0.15) is 5.41 Å². The monoisotopic (exact) mass is 408 g/mol. The summed E-state index contributed by atoms with van der Waals surface area (Å²) >= 11 is 0. The molecule has 2 aromatic rings. The number of carbonyl (C=O) groups is 2. The number of nitrogens with one attached hydrogen (secondary N) is 2. The number of aryl methyl sites for hydroxylation is 2. The maximum Gasteiger partial charge on any atom is 0.236 e. The van der Waals surface area contributed by atoms with E-state index in [0.29, 0.717) is 12.8 Å². The number of aromatic nitrogens is 2. The van der Waals surface area contributed by atoms with Crippen LogP contribution in [0.3, 0.4) is 0 Å². The van der Waals surface area contributed by atoms with Gasteiger partial charge in [-0.3, -0.25) is 19.6 Å². The Labute approximate surface area is 178 Å². The third-order valence-electron chi connectivity index (χ3n) is 6.35. The minimum Gasteiger partial charge on any atom is -0.349 e. The fourth-order valence-corrected chi connectivity index (χ4v) is 4.22. The minimum absolute atomic E-state index is 0.176. The Hall–Kier alpha value is -2.76. The van der Waals surface area contributed by atoms with Crippen LogP contribution in [0.15, 0.2) is 36.9 Å². The average molecular weight is 409 g/mol. The highest BCUT2D eigenvalue weighted by atomic mass is 16.2. The molecule has 0 radical (unpaired) electrons. The average Bonchev–Trinajstić information content (AvgIpc) is 2.72. The Balaban J connectivity index is 1.73. The maximum atomic E-state index is 13.2. The number of rotatable bonds is 8. The fraction of sp³-hybridized carbons (Fsp3) is 0.500. The molecule has 30 heavy (non-hydrogen) atoms. The molecule has 0 bridgehead atoms. The topological polar surface area (TPSA) is 84.0 Å². The van der Waals surface area contributed by atoms with Crippen molar-refractivity contribution in [1.82, 2.24) is 20.6 Å². The van der Waals surface area contributed by atoms with E-state index >= 15 is 0 Å². The van der Waals surface area contributed by atoms with Gasteiger partial charge in [0.15, 0.2) is 0 Å². The van der Waals surface area contributed by atoms with E-state index in [1.807, 2.05) is 38.4 Å². The summed E-state index contributed by atoms with van der Waals surface area (Å²) in [6.45, 7) is 8.06. The van der Waals surface area contributed by atoms with Crippen LogP contribution >= 0.6 is 0 Å². The smallest absolute Gasteiger partial charge is 0.236 e. The van der Waals surface area contributed by atoms with E-state index in [0.717, 1.165) is 41.5 Å². The SMILES string of the molecule is CCc1cnccc1C(C)NC(=O)C1(C(=O)NC(C)c2ccncc2CC)CCC1. The lowest BCUT2D eigenvalue weighted by Crippen LogP contribution is -2.56. The lowest BCUT2D eigenvalue weighted by molar-refractivity contribution is -0.150. The molecule has 0 spiro atoms. The number of hydrogen-bond acceptors (Lipinski definition) is 4. The molecule has 0 saturated heterocycles. The molecular formula is C24H32N4O2. The van der Waals surface area contributed by atoms with E-state index in [2.05, 4.69) is 34.4 Å². The molecule has 2 N–H and O–H groups in total. The second-order valence-electron chi connectivity index (χ2n) is 8.18. The first kappa shape index (κ1) is 21.9. The third kappa shape index (κ3) is 4.23. The fourth-order valence-electron chi connectivity index (χ4n) is 4.22. The molecule has 2 aromatic heterocycles. The molecule has 0 aromatic carbocycles. The summed E-state index contributed by atoms with van der Waals surface area (Å²) in [7, 11) is 0. The zero-order valence-electron chi connectivity index (χ0n) is 18.4. The zero-order chi connectivity index (χ0) is 21.7. The van der Waals surface area contributed by atoms with Crippen LogP contribution in [0.25, 0.3) is 0 Å². The predicted octanol–water partition coefficient (Wildman–Crippen LogP) is 3.83. The normalized spacial score (nSPS) is 16.8. The van der Waals surface area contributed by atoms with Crippen molar-refractivity contribution in [3.05, 3.63) is 59.2 Å². The summed E-state index contributed by atoms with van der Waals surface area (Å²) in [4.78, 5) is 34.8. The zero-order valence-corrected chi connectivity index (χ0v) is 18.4. The second kappa shape index (κ2) is 9.37. The van der Waals surface area contributed by atoms with Gasteiger partial charge in [-0.05, 0) is 73.9 Å². The molecular weight excluding hydrogens is 376 g/mol. The van der Waals surface area contributed by atoms with E-state index in [4.69, 9.17) is 0 Å². The summed E-state index contributed by atoms with van der Waals surface area (Å²) in [6.07, 6.45) is 10.9. The Morgan fingerprint density at radius 3 is 1.67 bits per heavy atom. The van der Waals surface area contributed by atoms with E-state index in [1.54, 1.807) is 12.4 Å². The number of carbonyl (C=O) groups excluding carboxylic acids is 2. The van der Waals surface area contributed by atoms with Crippen molar-refractivity contribution in [2.75, 3.05) is 0 Å². The van der Waals surface area contributed by atoms with Gasteiger partial charge in [-0.2, -0.15) is 0 Å². The largest absolute Gasteiger partial charge is 0.349 e. The van der Waals surface area contributed by atoms with Crippen LogP contribution in [0.4, 0.5) is 0 Å². The van der Waals surface area contributed by atoms with Crippen LogP contribution < -0.4 is 10.6 Å². The molecule has 0 aliphatic heterocycles. The second-order valence-corrected chi connectivity index (χ2v) is 8.18. The maximum absolute atomic E-state index is 13.2. The minimum atomic E-state index is -0.985. The highest BCUT2D eigenvalue weighted by molar-refractivity contribution is 6.06. The van der Waals surface area contributed by atoms with Gasteiger partial charge in [0, 0.05) is 24.8 Å². The summed E-state index contributed by atoms with van der Waals surface area (Å²) in [6, 6.07) is 3.53. The van der Waals surface area contributed by atoms with Crippen molar-refractivity contribution in [1.29, 1.82) is 0 Å². The molecule has 1 aliphatic rings. The van der Waals surface area contributed by atoms with Gasteiger partial charge in [0.25, 0.3) is 0 Å². The van der Waals surface area contributed by atoms with Crippen molar-refractivity contribution in [2.24, 2.45) is 5.41 Å². The molecule has 6 heteroatoms. The van der Waals surface area contributed by atoms with Crippen LogP contribution in [0, 0.1) is 5.41 Å². The molecule has 2 unspecified atom stereocenters. The summed E-state index contributed by atoms with van der Waals surface area (Å²) in [5, 5.41) is 6.19.